The lowest BCUT2D eigenvalue weighted by atomic mass is 10.0. The molecular weight excluding hydrogens is 414 g/mol. The van der Waals surface area contributed by atoms with Crippen molar-refractivity contribution >= 4 is 11.8 Å². The Balaban J connectivity index is 1.62. The van der Waals surface area contributed by atoms with Gasteiger partial charge in [-0.05, 0) is 36.2 Å². The Hall–Kier alpha value is -3.95. The number of rotatable bonds is 9. The number of amides is 2. The molecular formula is C22H25N5O5. The van der Waals surface area contributed by atoms with Crippen LogP contribution in [0.4, 0.5) is 0 Å². The highest BCUT2D eigenvalue weighted by Gasteiger charge is 2.25. The zero-order chi connectivity index (χ0) is 23.1. The fourth-order valence-electron chi connectivity index (χ4n) is 2.95. The molecule has 168 valence electrons. The number of nitrogens with one attached hydrogen (secondary N) is 2. The number of pyridine rings is 1. The summed E-state index contributed by atoms with van der Waals surface area (Å²) in [6, 6.07) is 7.82. The fraction of sp³-hybridized carbons (Fsp3) is 0.318. The maximum absolute atomic E-state index is 12.5. The quantitative estimate of drug-likeness (QED) is 0.520. The lowest BCUT2D eigenvalue weighted by Crippen LogP contribution is -2.40. The Bertz CT molecular complexity index is 1070. The van der Waals surface area contributed by atoms with Crippen LogP contribution in [-0.4, -0.2) is 47.7 Å². The maximum Gasteiger partial charge on any atom is 0.251 e. The van der Waals surface area contributed by atoms with Gasteiger partial charge in [0, 0.05) is 23.5 Å². The predicted molar refractivity (Wildman–Crippen MR) is 115 cm³/mol. The third kappa shape index (κ3) is 5.39. The van der Waals surface area contributed by atoms with Gasteiger partial charge in [0.25, 0.3) is 5.91 Å². The first-order valence-electron chi connectivity index (χ1n) is 9.96. The second kappa shape index (κ2) is 10.4. The van der Waals surface area contributed by atoms with Crippen LogP contribution in [0.2, 0.25) is 0 Å². The van der Waals surface area contributed by atoms with Crippen LogP contribution in [0.1, 0.15) is 36.1 Å². The number of ether oxygens (including phenoxy) is 2. The van der Waals surface area contributed by atoms with Gasteiger partial charge in [0.2, 0.25) is 17.6 Å². The largest absolute Gasteiger partial charge is 0.493 e. The maximum atomic E-state index is 12.5. The normalized spacial score (nSPS) is 11.7. The van der Waals surface area contributed by atoms with Gasteiger partial charge in [-0.15, -0.1) is 0 Å². The van der Waals surface area contributed by atoms with Gasteiger partial charge in [0.1, 0.15) is 6.04 Å². The van der Waals surface area contributed by atoms with Crippen molar-refractivity contribution in [3.8, 4) is 22.9 Å². The summed E-state index contributed by atoms with van der Waals surface area (Å²) in [4.78, 5) is 33.4. The van der Waals surface area contributed by atoms with Crippen molar-refractivity contribution in [1.29, 1.82) is 0 Å². The molecule has 0 radical (unpaired) electrons. The van der Waals surface area contributed by atoms with Crippen LogP contribution in [0.15, 0.2) is 47.2 Å². The third-order valence-corrected chi connectivity index (χ3v) is 4.67. The molecule has 1 atom stereocenters. The van der Waals surface area contributed by atoms with E-state index in [-0.39, 0.29) is 18.4 Å². The van der Waals surface area contributed by atoms with E-state index in [1.54, 1.807) is 36.7 Å². The van der Waals surface area contributed by atoms with Crippen LogP contribution in [0.3, 0.4) is 0 Å². The first kappa shape index (κ1) is 22.7. The number of carbonyl (C=O) groups excluding carboxylic acids is 2. The van der Waals surface area contributed by atoms with Crippen LogP contribution in [-0.2, 0) is 4.79 Å². The number of hydrogen-bond acceptors (Lipinski definition) is 8. The molecule has 0 saturated heterocycles. The molecule has 0 aliphatic rings. The van der Waals surface area contributed by atoms with Crippen LogP contribution >= 0.6 is 0 Å². The molecule has 10 nitrogen and oxygen atoms in total. The van der Waals surface area contributed by atoms with Crippen molar-refractivity contribution in [2.75, 3.05) is 20.8 Å². The number of carbonyl (C=O) groups is 2. The SMILES string of the molecule is COc1ccc(C(=O)NCC(=O)NC(c2nc(-c3cccnc3)no2)C(C)C)cc1OC. The molecule has 0 bridgehead atoms. The van der Waals surface area contributed by atoms with E-state index in [1.165, 1.54) is 14.2 Å². The number of benzene rings is 1. The Labute approximate surface area is 185 Å². The van der Waals surface area contributed by atoms with Gasteiger partial charge >= 0.3 is 0 Å². The molecule has 2 heterocycles. The fourth-order valence-corrected chi connectivity index (χ4v) is 2.95. The van der Waals surface area contributed by atoms with Gasteiger partial charge in [0.05, 0.1) is 20.8 Å². The van der Waals surface area contributed by atoms with E-state index in [1.807, 2.05) is 19.9 Å². The Morgan fingerprint density at radius 2 is 1.91 bits per heavy atom. The average molecular weight is 439 g/mol. The Morgan fingerprint density at radius 1 is 1.12 bits per heavy atom. The van der Waals surface area contributed by atoms with E-state index >= 15 is 0 Å². The van der Waals surface area contributed by atoms with Crippen LogP contribution in [0.25, 0.3) is 11.4 Å². The first-order chi connectivity index (χ1) is 15.4. The summed E-state index contributed by atoms with van der Waals surface area (Å²) >= 11 is 0. The van der Waals surface area contributed by atoms with Crippen molar-refractivity contribution in [2.24, 2.45) is 5.92 Å². The minimum Gasteiger partial charge on any atom is -0.493 e. The molecule has 2 amide bonds. The van der Waals surface area contributed by atoms with E-state index in [2.05, 4.69) is 25.8 Å². The van der Waals surface area contributed by atoms with Crippen LogP contribution in [0.5, 0.6) is 11.5 Å². The summed E-state index contributed by atoms with van der Waals surface area (Å²) < 4.78 is 15.7. The average Bonchev–Trinajstić information content (AvgIpc) is 3.30. The van der Waals surface area contributed by atoms with Gasteiger partial charge < -0.3 is 24.6 Å². The van der Waals surface area contributed by atoms with Gasteiger partial charge in [-0.3, -0.25) is 14.6 Å². The topological polar surface area (TPSA) is 128 Å². The highest BCUT2D eigenvalue weighted by molar-refractivity contribution is 5.97. The molecule has 0 aliphatic heterocycles. The van der Waals surface area contributed by atoms with Crippen molar-refractivity contribution in [1.82, 2.24) is 25.8 Å². The second-order valence-electron chi connectivity index (χ2n) is 7.24. The van der Waals surface area contributed by atoms with E-state index in [4.69, 9.17) is 14.0 Å². The number of methoxy groups -OCH3 is 2. The molecule has 10 heteroatoms. The van der Waals surface area contributed by atoms with E-state index in [0.29, 0.717) is 28.5 Å². The van der Waals surface area contributed by atoms with E-state index in [9.17, 15) is 9.59 Å². The zero-order valence-corrected chi connectivity index (χ0v) is 18.3. The van der Waals surface area contributed by atoms with Gasteiger partial charge in [-0.2, -0.15) is 4.98 Å². The molecule has 3 aromatic rings. The van der Waals surface area contributed by atoms with Crippen molar-refractivity contribution in [3.63, 3.8) is 0 Å². The zero-order valence-electron chi connectivity index (χ0n) is 18.3. The molecule has 0 aliphatic carbocycles. The van der Waals surface area contributed by atoms with Crippen LogP contribution in [0, 0.1) is 5.92 Å². The first-order valence-corrected chi connectivity index (χ1v) is 9.96. The molecule has 2 N–H and O–H groups in total. The molecule has 0 saturated carbocycles. The summed E-state index contributed by atoms with van der Waals surface area (Å²) in [5, 5.41) is 9.40. The Morgan fingerprint density at radius 3 is 2.56 bits per heavy atom. The number of hydrogen-bond donors (Lipinski definition) is 2. The standard InChI is InChI=1S/C22H25N5O5/c1-13(2)19(22-26-20(27-32-22)15-6-5-9-23-11-15)25-18(28)12-24-21(29)14-7-8-16(30-3)17(10-14)31-4/h5-11,13,19H,12H2,1-4H3,(H,24,29)(H,25,28). The molecule has 1 aromatic carbocycles. The van der Waals surface area contributed by atoms with Crippen LogP contribution < -0.4 is 20.1 Å². The summed E-state index contributed by atoms with van der Waals surface area (Å²) in [6.45, 7) is 3.61. The summed E-state index contributed by atoms with van der Waals surface area (Å²) in [6.07, 6.45) is 3.28. The van der Waals surface area contributed by atoms with Crippen molar-refractivity contribution in [2.45, 2.75) is 19.9 Å². The minimum absolute atomic E-state index is 0.0253. The highest BCUT2D eigenvalue weighted by atomic mass is 16.5. The molecule has 1 unspecified atom stereocenters. The van der Waals surface area contributed by atoms with Gasteiger partial charge in [0.15, 0.2) is 11.5 Å². The molecule has 32 heavy (non-hydrogen) atoms. The summed E-state index contributed by atoms with van der Waals surface area (Å²) in [5.74, 6) is 0.755. The highest BCUT2D eigenvalue weighted by Crippen LogP contribution is 2.27. The minimum atomic E-state index is -0.515. The third-order valence-electron chi connectivity index (χ3n) is 4.67. The second-order valence-corrected chi connectivity index (χ2v) is 7.24. The van der Waals surface area contributed by atoms with Gasteiger partial charge in [-0.25, -0.2) is 0 Å². The Kier molecular flexibility index (Phi) is 7.37. The van der Waals surface area contributed by atoms with Crippen molar-refractivity contribution < 1.29 is 23.6 Å². The molecule has 0 fully saturated rings. The summed E-state index contributed by atoms with van der Waals surface area (Å²) in [7, 11) is 2.99. The smallest absolute Gasteiger partial charge is 0.251 e. The monoisotopic (exact) mass is 439 g/mol. The molecule has 3 rings (SSSR count). The molecule has 2 aromatic heterocycles. The number of aromatic nitrogens is 3. The lowest BCUT2D eigenvalue weighted by molar-refractivity contribution is -0.121. The van der Waals surface area contributed by atoms with E-state index < -0.39 is 17.9 Å². The summed E-state index contributed by atoms with van der Waals surface area (Å²) in [5.41, 5.74) is 1.05. The molecule has 0 spiro atoms. The lowest BCUT2D eigenvalue weighted by Gasteiger charge is -2.18. The number of nitrogens with zero attached hydrogens (tertiary/aromatic N) is 3. The predicted octanol–water partition coefficient (Wildman–Crippen LogP) is 2.39. The van der Waals surface area contributed by atoms with Gasteiger partial charge in [-0.1, -0.05) is 19.0 Å². The van der Waals surface area contributed by atoms with E-state index in [0.717, 1.165) is 0 Å². The van der Waals surface area contributed by atoms with Crippen molar-refractivity contribution in [3.05, 3.63) is 54.2 Å².